The number of aliphatic carboxylic acids is 1. The van der Waals surface area contributed by atoms with E-state index < -0.39 is 22.6 Å². The van der Waals surface area contributed by atoms with Crippen molar-refractivity contribution in [2.24, 2.45) is 0 Å². The van der Waals surface area contributed by atoms with Gasteiger partial charge in [-0.15, -0.1) is 0 Å². The molecule has 0 aliphatic rings. The second kappa shape index (κ2) is 9.61. The third-order valence-electron chi connectivity index (χ3n) is 3.11. The van der Waals surface area contributed by atoms with E-state index in [2.05, 4.69) is 0 Å². The average molecular weight is 353 g/mol. The van der Waals surface area contributed by atoms with Crippen molar-refractivity contribution in [3.05, 3.63) is 23.3 Å². The predicted molar refractivity (Wildman–Crippen MR) is 78.1 cm³/mol. The first-order chi connectivity index (χ1) is 10.2. The number of carbonyl (C=O) groups is 1. The summed E-state index contributed by atoms with van der Waals surface area (Å²) in [5.74, 6) is -0.749. The third-order valence-corrected chi connectivity index (χ3v) is 5.27. The fourth-order valence-electron chi connectivity index (χ4n) is 2.06. The first kappa shape index (κ1) is 22.4. The van der Waals surface area contributed by atoms with E-state index in [1.165, 1.54) is 14.2 Å². The van der Waals surface area contributed by atoms with E-state index in [0.29, 0.717) is 16.9 Å². The number of nitrogens with zero attached hydrogens (tertiary/aromatic N) is 1. The number of carboxylic acids is 1. The molecule has 0 unspecified atom stereocenters. The molecule has 23 heavy (non-hydrogen) atoms. The smallest absolute Gasteiger partial charge is 0.548 e. The zero-order valence-electron chi connectivity index (χ0n) is 14.1. The van der Waals surface area contributed by atoms with Gasteiger partial charge in [0.2, 0.25) is 10.0 Å². The van der Waals surface area contributed by atoms with Gasteiger partial charge in [-0.2, -0.15) is 4.31 Å². The SMILES string of the molecule is COc1cc(C)c(S(=O)(=O)N(C)CCOCC(=O)[O-])c(C)c1.[Na+]. The predicted octanol–water partition coefficient (Wildman–Crippen LogP) is -3.30. The number of benzene rings is 1. The van der Waals surface area contributed by atoms with E-state index in [9.17, 15) is 18.3 Å². The second-order valence-electron chi connectivity index (χ2n) is 4.84. The maximum absolute atomic E-state index is 12.6. The average Bonchev–Trinajstić information content (AvgIpc) is 2.41. The van der Waals surface area contributed by atoms with Crippen molar-refractivity contribution in [1.29, 1.82) is 0 Å². The van der Waals surface area contributed by atoms with Gasteiger partial charge in [-0.05, 0) is 37.1 Å². The molecule has 0 heterocycles. The summed E-state index contributed by atoms with van der Waals surface area (Å²) in [5, 5.41) is 10.2. The Balaban J connectivity index is 0.00000484. The Bertz CT molecular complexity index is 624. The standard InChI is InChI=1S/C14H21NO6S.Na/c1-10-7-12(20-4)8-11(2)14(10)22(18,19)15(3)5-6-21-9-13(16)17;/h7-8H,5-6,9H2,1-4H3,(H,16,17);/q;+1/p-1. The molecule has 0 radical (unpaired) electrons. The minimum Gasteiger partial charge on any atom is -0.548 e. The van der Waals surface area contributed by atoms with Crippen LogP contribution >= 0.6 is 0 Å². The Morgan fingerprint density at radius 1 is 1.26 bits per heavy atom. The summed E-state index contributed by atoms with van der Waals surface area (Å²) in [7, 11) is -0.757. The van der Waals surface area contributed by atoms with Gasteiger partial charge in [-0.3, -0.25) is 0 Å². The van der Waals surface area contributed by atoms with Crippen LogP contribution in [0.5, 0.6) is 5.75 Å². The molecule has 0 atom stereocenters. The molecule has 0 fully saturated rings. The topological polar surface area (TPSA) is 96.0 Å². The fourth-order valence-corrected chi connectivity index (χ4v) is 3.62. The minimum atomic E-state index is -3.69. The van der Waals surface area contributed by atoms with Gasteiger partial charge in [0.15, 0.2) is 0 Å². The van der Waals surface area contributed by atoms with Crippen LogP contribution in [0.1, 0.15) is 11.1 Å². The van der Waals surface area contributed by atoms with Gasteiger partial charge in [0.05, 0.1) is 31.2 Å². The Kier molecular flexibility index (Phi) is 9.34. The number of hydrogen-bond acceptors (Lipinski definition) is 6. The molecule has 0 aliphatic carbocycles. The number of likely N-dealkylation sites (N-methyl/N-ethyl adjacent to an activating group) is 1. The van der Waals surface area contributed by atoms with E-state index >= 15 is 0 Å². The second-order valence-corrected chi connectivity index (χ2v) is 6.82. The van der Waals surface area contributed by atoms with Crippen molar-refractivity contribution >= 4 is 16.0 Å². The number of carboxylic acid groups (broad SMARTS) is 1. The number of methoxy groups -OCH3 is 1. The molecular formula is C14H20NNaO6S. The zero-order valence-corrected chi connectivity index (χ0v) is 16.9. The van der Waals surface area contributed by atoms with Gasteiger partial charge >= 0.3 is 29.6 Å². The zero-order chi connectivity index (χ0) is 16.9. The monoisotopic (exact) mass is 353 g/mol. The first-order valence-corrected chi connectivity index (χ1v) is 8.03. The van der Waals surface area contributed by atoms with Crippen LogP contribution in [0.25, 0.3) is 0 Å². The minimum absolute atomic E-state index is 0. The van der Waals surface area contributed by atoms with Crippen LogP contribution in [0.2, 0.25) is 0 Å². The van der Waals surface area contributed by atoms with Crippen LogP contribution in [0, 0.1) is 13.8 Å². The van der Waals surface area contributed by atoms with Gasteiger partial charge in [0.25, 0.3) is 0 Å². The molecule has 0 amide bonds. The number of hydrogen-bond donors (Lipinski definition) is 0. The molecule has 0 aliphatic heterocycles. The van der Waals surface area contributed by atoms with Crippen LogP contribution in [-0.4, -0.2) is 52.6 Å². The van der Waals surface area contributed by atoms with Crippen LogP contribution in [-0.2, 0) is 19.6 Å². The molecule has 1 aromatic carbocycles. The van der Waals surface area contributed by atoms with Crippen molar-refractivity contribution in [3.63, 3.8) is 0 Å². The first-order valence-electron chi connectivity index (χ1n) is 6.59. The van der Waals surface area contributed by atoms with Crippen molar-refractivity contribution in [2.75, 3.05) is 33.9 Å². The van der Waals surface area contributed by atoms with Crippen LogP contribution in [0.15, 0.2) is 17.0 Å². The number of rotatable bonds is 8. The van der Waals surface area contributed by atoms with E-state index in [0.717, 1.165) is 4.31 Å². The van der Waals surface area contributed by atoms with Crippen molar-refractivity contribution in [2.45, 2.75) is 18.7 Å². The number of sulfonamides is 1. The van der Waals surface area contributed by atoms with Crippen LogP contribution in [0.3, 0.4) is 0 Å². The molecule has 1 rings (SSSR count). The van der Waals surface area contributed by atoms with Crippen LogP contribution < -0.4 is 39.4 Å². The van der Waals surface area contributed by atoms with Crippen molar-refractivity contribution in [3.8, 4) is 5.75 Å². The molecule has 1 aromatic rings. The largest absolute Gasteiger partial charge is 1.00 e. The van der Waals surface area contributed by atoms with E-state index in [1.54, 1.807) is 26.0 Å². The summed E-state index contributed by atoms with van der Waals surface area (Å²) < 4.78 is 36.3. The molecule has 124 valence electrons. The molecule has 9 heteroatoms. The molecule has 0 saturated carbocycles. The van der Waals surface area contributed by atoms with Gasteiger partial charge in [-0.25, -0.2) is 8.42 Å². The van der Waals surface area contributed by atoms with Gasteiger partial charge in [-0.1, -0.05) is 0 Å². The molecule has 0 N–H and O–H groups in total. The Hall–Kier alpha value is -0.640. The van der Waals surface area contributed by atoms with Crippen molar-refractivity contribution < 1.29 is 57.3 Å². The summed E-state index contributed by atoms with van der Waals surface area (Å²) in [6.45, 7) is 2.85. The fraction of sp³-hybridized carbons (Fsp3) is 0.500. The summed E-state index contributed by atoms with van der Waals surface area (Å²) in [6.07, 6.45) is 0. The maximum Gasteiger partial charge on any atom is 1.00 e. The van der Waals surface area contributed by atoms with Gasteiger partial charge in [0, 0.05) is 13.6 Å². The number of aryl methyl sites for hydroxylation is 2. The molecule has 7 nitrogen and oxygen atoms in total. The van der Waals surface area contributed by atoms with E-state index in [4.69, 9.17) is 9.47 Å². The quantitative estimate of drug-likeness (QED) is 0.359. The van der Waals surface area contributed by atoms with Crippen LogP contribution in [0.4, 0.5) is 0 Å². The molecular weight excluding hydrogens is 333 g/mol. The van der Waals surface area contributed by atoms with E-state index in [1.807, 2.05) is 0 Å². The summed E-state index contributed by atoms with van der Waals surface area (Å²) in [4.78, 5) is 10.5. The normalized spacial score (nSPS) is 11.2. The molecule has 0 bridgehead atoms. The third kappa shape index (κ3) is 6.06. The summed E-state index contributed by atoms with van der Waals surface area (Å²) >= 11 is 0. The molecule has 0 spiro atoms. The van der Waals surface area contributed by atoms with Gasteiger partial charge in [0.1, 0.15) is 5.75 Å². The molecule has 0 saturated heterocycles. The number of ether oxygens (including phenoxy) is 2. The van der Waals surface area contributed by atoms with Crippen molar-refractivity contribution in [1.82, 2.24) is 4.31 Å². The number of carbonyl (C=O) groups excluding carboxylic acids is 1. The summed E-state index contributed by atoms with van der Waals surface area (Å²) in [5.41, 5.74) is 1.17. The Labute approximate surface area is 158 Å². The molecule has 0 aromatic heterocycles. The maximum atomic E-state index is 12.6. The summed E-state index contributed by atoms with van der Waals surface area (Å²) in [6, 6.07) is 3.31. The van der Waals surface area contributed by atoms with E-state index in [-0.39, 0.29) is 47.6 Å². The Morgan fingerprint density at radius 3 is 2.22 bits per heavy atom. The van der Waals surface area contributed by atoms with Gasteiger partial charge < -0.3 is 19.4 Å². The Morgan fingerprint density at radius 2 is 1.78 bits per heavy atom.